The maximum atomic E-state index is 12.6. The summed E-state index contributed by atoms with van der Waals surface area (Å²) in [6.45, 7) is 10.5. The van der Waals surface area contributed by atoms with Crippen molar-refractivity contribution < 1.29 is 38.6 Å². The zero-order valence-electron chi connectivity index (χ0n) is 41.2. The molecule has 6 aromatic carbocycles. The molecule has 0 aliphatic carbocycles. The van der Waals surface area contributed by atoms with Gasteiger partial charge >= 0.3 is 18.2 Å². The number of carboxylic acid groups (broad SMARTS) is 1. The monoisotopic (exact) mass is 949 g/mol. The molecular formula is C57H67N5O8. The van der Waals surface area contributed by atoms with E-state index in [-0.39, 0.29) is 23.7 Å². The highest BCUT2D eigenvalue weighted by atomic mass is 16.6. The molecule has 7 N–H and O–H groups in total. The van der Waals surface area contributed by atoms with Gasteiger partial charge in [0.15, 0.2) is 0 Å². The zero-order chi connectivity index (χ0) is 51.3. The van der Waals surface area contributed by atoms with E-state index in [1.54, 1.807) is 55.6 Å². The van der Waals surface area contributed by atoms with E-state index in [0.717, 1.165) is 33.4 Å². The number of carbonyl (C=O) groups is 5. The highest BCUT2D eigenvalue weighted by Crippen LogP contribution is 2.31. The van der Waals surface area contributed by atoms with Gasteiger partial charge in [-0.05, 0) is 74.9 Å². The molecular weight excluding hydrogens is 883 g/mol. The molecule has 0 radical (unpaired) electrons. The first-order valence-corrected chi connectivity index (χ1v) is 23.0. The molecule has 4 amide bonds. The maximum absolute atomic E-state index is 12.6. The first kappa shape index (κ1) is 54.8. The number of carboxylic acids is 1. The van der Waals surface area contributed by atoms with Crippen LogP contribution in [0.1, 0.15) is 92.7 Å². The summed E-state index contributed by atoms with van der Waals surface area (Å²) in [6.07, 6.45) is -1.38. The van der Waals surface area contributed by atoms with Crippen LogP contribution in [0.5, 0.6) is 0 Å². The number of benzene rings is 6. The second-order valence-electron chi connectivity index (χ2n) is 18.2. The molecule has 0 aliphatic heterocycles. The number of aliphatic carboxylic acids is 1. The summed E-state index contributed by atoms with van der Waals surface area (Å²) in [5, 5.41) is 20.3. The fourth-order valence-corrected chi connectivity index (χ4v) is 7.65. The fraction of sp³-hybridized carbons (Fsp3) is 0.281. The minimum atomic E-state index is -1.15. The average molecular weight is 950 g/mol. The average Bonchev–Trinajstić information content (AvgIpc) is 3.34. The van der Waals surface area contributed by atoms with Crippen LogP contribution in [-0.4, -0.2) is 78.5 Å². The number of carbonyl (C=O) groups excluding carboxylic acids is 4. The quantitative estimate of drug-likeness (QED) is 0.0617. The van der Waals surface area contributed by atoms with Crippen molar-refractivity contribution in [2.24, 2.45) is 5.73 Å². The number of hydrogen-bond donors (Lipinski definition) is 6. The molecule has 0 bridgehead atoms. The van der Waals surface area contributed by atoms with Crippen molar-refractivity contribution in [1.29, 1.82) is 0 Å². The van der Waals surface area contributed by atoms with Crippen molar-refractivity contribution in [3.05, 3.63) is 215 Å². The van der Waals surface area contributed by atoms with Crippen LogP contribution in [-0.2, 0) is 23.9 Å². The van der Waals surface area contributed by atoms with Gasteiger partial charge in [0.05, 0.1) is 6.04 Å². The van der Waals surface area contributed by atoms with Gasteiger partial charge in [0, 0.05) is 31.8 Å². The van der Waals surface area contributed by atoms with Gasteiger partial charge in [-0.1, -0.05) is 182 Å². The first-order valence-electron chi connectivity index (χ1n) is 23.0. The predicted octanol–water partition coefficient (Wildman–Crippen LogP) is 9.15. The molecule has 0 unspecified atom stereocenters. The molecule has 6 aromatic rings. The molecule has 0 spiro atoms. The van der Waals surface area contributed by atoms with Gasteiger partial charge in [-0.25, -0.2) is 14.4 Å². The number of hydrogen-bond acceptors (Lipinski definition) is 8. The van der Waals surface area contributed by atoms with Gasteiger partial charge < -0.3 is 41.6 Å². The largest absolute Gasteiger partial charge is 0.480 e. The molecule has 6 rings (SSSR count). The lowest BCUT2D eigenvalue weighted by Gasteiger charge is -2.29. The third-order valence-electron chi connectivity index (χ3n) is 10.7. The van der Waals surface area contributed by atoms with Crippen LogP contribution in [0.15, 0.2) is 182 Å². The Hall–Kier alpha value is -7.77. The van der Waals surface area contributed by atoms with E-state index in [4.69, 9.17) is 15.2 Å². The van der Waals surface area contributed by atoms with Gasteiger partial charge in [-0.2, -0.15) is 0 Å². The molecule has 0 fully saturated rings. The third kappa shape index (κ3) is 17.4. The van der Waals surface area contributed by atoms with Gasteiger partial charge in [0.2, 0.25) is 11.8 Å². The van der Waals surface area contributed by atoms with E-state index in [0.29, 0.717) is 0 Å². The summed E-state index contributed by atoms with van der Waals surface area (Å²) >= 11 is 0. The third-order valence-corrected chi connectivity index (χ3v) is 10.7. The Bertz CT molecular complexity index is 2400. The minimum Gasteiger partial charge on any atom is -0.480 e. The molecule has 13 heteroatoms. The summed E-state index contributed by atoms with van der Waals surface area (Å²) in [4.78, 5) is 60.9. The van der Waals surface area contributed by atoms with Crippen molar-refractivity contribution in [3.8, 4) is 0 Å². The Morgan fingerprint density at radius 1 is 0.414 bits per heavy atom. The van der Waals surface area contributed by atoms with Gasteiger partial charge in [0.1, 0.15) is 23.3 Å². The van der Waals surface area contributed by atoms with Crippen LogP contribution < -0.4 is 27.0 Å². The smallest absolute Gasteiger partial charge is 0.408 e. The summed E-state index contributed by atoms with van der Waals surface area (Å²) in [5.41, 5.74) is 10.3. The second-order valence-corrected chi connectivity index (χ2v) is 18.2. The van der Waals surface area contributed by atoms with E-state index in [2.05, 4.69) is 21.3 Å². The zero-order valence-corrected chi connectivity index (χ0v) is 41.2. The van der Waals surface area contributed by atoms with Crippen LogP contribution >= 0.6 is 0 Å². The lowest BCUT2D eigenvalue weighted by Crippen LogP contribution is -2.50. The summed E-state index contributed by atoms with van der Waals surface area (Å²) in [7, 11) is 3.16. The Morgan fingerprint density at radius 3 is 0.900 bits per heavy atom. The van der Waals surface area contributed by atoms with E-state index < -0.39 is 53.4 Å². The number of amides is 4. The summed E-state index contributed by atoms with van der Waals surface area (Å²) in [6, 6.07) is 55.0. The molecule has 3 atom stereocenters. The molecule has 0 heterocycles. The Labute approximate surface area is 412 Å². The minimum absolute atomic E-state index is 0.137. The highest BCUT2D eigenvalue weighted by molar-refractivity contribution is 5.87. The first-order chi connectivity index (χ1) is 33.3. The van der Waals surface area contributed by atoms with E-state index in [1.807, 2.05) is 182 Å². The number of nitrogens with one attached hydrogen (secondary N) is 4. The van der Waals surface area contributed by atoms with Crippen molar-refractivity contribution in [1.82, 2.24) is 21.3 Å². The second kappa shape index (κ2) is 26.7. The van der Waals surface area contributed by atoms with Crippen LogP contribution in [0.4, 0.5) is 9.59 Å². The summed E-state index contributed by atoms with van der Waals surface area (Å²) in [5.74, 6) is -2.57. The van der Waals surface area contributed by atoms with Crippen LogP contribution in [0.25, 0.3) is 0 Å². The van der Waals surface area contributed by atoms with Crippen LogP contribution in [0.3, 0.4) is 0 Å². The molecule has 13 nitrogen and oxygen atoms in total. The van der Waals surface area contributed by atoms with Crippen molar-refractivity contribution in [2.45, 2.75) is 88.6 Å². The molecule has 70 heavy (non-hydrogen) atoms. The number of rotatable bonds is 14. The maximum Gasteiger partial charge on any atom is 0.408 e. The van der Waals surface area contributed by atoms with Crippen molar-refractivity contribution in [3.63, 3.8) is 0 Å². The Kier molecular flexibility index (Phi) is 20.9. The molecule has 0 aliphatic rings. The van der Waals surface area contributed by atoms with Crippen molar-refractivity contribution >= 4 is 30.0 Å². The van der Waals surface area contributed by atoms with Crippen LogP contribution in [0, 0.1) is 0 Å². The number of nitrogens with two attached hydrogens (primary N) is 1. The van der Waals surface area contributed by atoms with E-state index in [9.17, 15) is 29.1 Å². The lowest BCUT2D eigenvalue weighted by atomic mass is 9.84. The Balaban J connectivity index is 0.000000231. The number of likely N-dealkylation sites (N-methyl/N-ethyl adjacent to an activating group) is 2. The highest BCUT2D eigenvalue weighted by Gasteiger charge is 2.35. The molecule has 0 saturated carbocycles. The van der Waals surface area contributed by atoms with Gasteiger partial charge in [0.25, 0.3) is 0 Å². The fourth-order valence-electron chi connectivity index (χ4n) is 7.65. The van der Waals surface area contributed by atoms with Crippen molar-refractivity contribution in [2.75, 3.05) is 14.1 Å². The van der Waals surface area contributed by atoms with Gasteiger partial charge in [-0.15, -0.1) is 0 Å². The van der Waals surface area contributed by atoms with Gasteiger partial charge in [-0.3, -0.25) is 9.59 Å². The predicted molar refractivity (Wildman–Crippen MR) is 274 cm³/mol. The normalized spacial score (nSPS) is 12.3. The lowest BCUT2D eigenvalue weighted by molar-refractivity contribution is -0.139. The Morgan fingerprint density at radius 2 is 0.657 bits per heavy atom. The van der Waals surface area contributed by atoms with E-state index in [1.165, 1.54) is 0 Å². The molecule has 368 valence electrons. The van der Waals surface area contributed by atoms with E-state index >= 15 is 0 Å². The SMILES string of the molecule is CC(C)(C)OC(=O)N[C@H](C(=O)O)C(c1ccccc1)c1ccccc1.CNC(=O)[C@@H](N)C(c1ccccc1)c1ccccc1.CNC(=O)[C@@H](NC(=O)OC(C)(C)C)C(c1ccccc1)c1ccccc1. The molecule has 0 saturated heterocycles. The topological polar surface area (TPSA) is 198 Å². The number of alkyl carbamates (subject to hydrolysis) is 2. The summed E-state index contributed by atoms with van der Waals surface area (Å²) < 4.78 is 10.6. The number of ether oxygens (including phenoxy) is 2. The molecule has 0 aromatic heterocycles. The van der Waals surface area contributed by atoms with Crippen LogP contribution in [0.2, 0.25) is 0 Å². The standard InChI is InChI=1S/C21H26N2O3.C20H23NO4.C16H18N2O/c1-21(2,3)26-20(25)23-18(19(24)22-4)17(15-11-7-5-8-12-15)16-13-9-6-10-14-16;1-20(2,3)25-19(24)21-17(18(22)23)16(14-10-6-4-7-11-14)15-12-8-5-9-13-15;1-18-16(19)15(17)14(12-8-4-2-5-9-12)13-10-6-3-7-11-13/h5-14,17-18H,1-4H3,(H,22,24)(H,23,25);4-13,16-17H,1-3H3,(H,21,24)(H,22,23);2-11,14-15H,17H2,1H3,(H,18,19)/t18-;17-;15-/m000/s1.